The van der Waals surface area contributed by atoms with Gasteiger partial charge in [-0.1, -0.05) is 0 Å². The first-order chi connectivity index (χ1) is 8.20. The second-order valence-electron chi connectivity index (χ2n) is 4.33. The van der Waals surface area contributed by atoms with E-state index in [1.165, 1.54) is 25.3 Å². The number of halogens is 1. The van der Waals surface area contributed by atoms with Gasteiger partial charge in [0.25, 0.3) is 0 Å². The van der Waals surface area contributed by atoms with E-state index in [0.717, 1.165) is 19.5 Å². The summed E-state index contributed by atoms with van der Waals surface area (Å²) < 4.78 is 18.2. The predicted molar refractivity (Wildman–Crippen MR) is 62.9 cm³/mol. The maximum Gasteiger partial charge on any atom is 0.167 e. The van der Waals surface area contributed by atoms with Gasteiger partial charge in [-0.15, -0.1) is 0 Å². The molecule has 1 unspecified atom stereocenters. The Morgan fingerprint density at radius 3 is 3.06 bits per heavy atom. The number of hydrogen-bond acceptors (Lipinski definition) is 3. The predicted octanol–water partition coefficient (Wildman–Crippen LogP) is 2.02. The van der Waals surface area contributed by atoms with Gasteiger partial charge in [0, 0.05) is 6.42 Å². The summed E-state index contributed by atoms with van der Waals surface area (Å²) in [6.45, 7) is 1.82. The van der Waals surface area contributed by atoms with Crippen LogP contribution in [-0.2, 0) is 0 Å². The second-order valence-corrected chi connectivity index (χ2v) is 4.33. The topological polar surface area (TPSA) is 38.3 Å². The van der Waals surface area contributed by atoms with Crippen molar-refractivity contribution in [3.05, 3.63) is 29.6 Å². The number of carbonyl (C=O) groups is 1. The smallest absolute Gasteiger partial charge is 0.167 e. The van der Waals surface area contributed by atoms with Crippen molar-refractivity contribution in [1.82, 2.24) is 5.32 Å². The molecule has 0 radical (unpaired) electrons. The minimum atomic E-state index is -0.404. The highest BCUT2D eigenvalue weighted by Crippen LogP contribution is 2.23. The first kappa shape index (κ1) is 12.0. The molecule has 4 heteroatoms. The lowest BCUT2D eigenvalue weighted by Crippen LogP contribution is -2.13. The third-order valence-corrected chi connectivity index (χ3v) is 3.10. The molecule has 1 aliphatic rings. The summed E-state index contributed by atoms with van der Waals surface area (Å²) in [5.41, 5.74) is 0.347. The number of hydrogen-bond donors (Lipinski definition) is 1. The average Bonchev–Trinajstić information content (AvgIpc) is 2.81. The summed E-state index contributed by atoms with van der Waals surface area (Å²) in [4.78, 5) is 12.1. The molecular weight excluding hydrogens is 221 g/mol. The molecule has 0 saturated carbocycles. The maximum atomic E-state index is 13.1. The summed E-state index contributed by atoms with van der Waals surface area (Å²) in [6, 6.07) is 4.05. The number of benzene rings is 1. The molecule has 17 heavy (non-hydrogen) atoms. The van der Waals surface area contributed by atoms with E-state index in [1.54, 1.807) is 0 Å². The minimum absolute atomic E-state index is 0.0462. The molecular formula is C13H16FNO2. The summed E-state index contributed by atoms with van der Waals surface area (Å²) in [6.07, 6.45) is 1.45. The molecule has 1 aromatic rings. The van der Waals surface area contributed by atoms with E-state index < -0.39 is 5.82 Å². The highest BCUT2D eigenvalue weighted by Gasteiger charge is 2.21. The van der Waals surface area contributed by atoms with Gasteiger partial charge in [-0.05, 0) is 43.6 Å². The zero-order valence-corrected chi connectivity index (χ0v) is 9.83. The number of methoxy groups -OCH3 is 1. The summed E-state index contributed by atoms with van der Waals surface area (Å²) in [7, 11) is 1.49. The van der Waals surface area contributed by atoms with Crippen molar-refractivity contribution in [2.24, 2.45) is 5.92 Å². The number of carbonyl (C=O) groups excluding carboxylic acids is 1. The molecule has 1 atom stereocenters. The van der Waals surface area contributed by atoms with Gasteiger partial charge in [-0.3, -0.25) is 4.79 Å². The van der Waals surface area contributed by atoms with Crippen LogP contribution in [0.1, 0.15) is 23.2 Å². The van der Waals surface area contributed by atoms with Crippen molar-refractivity contribution in [2.75, 3.05) is 20.2 Å². The number of nitrogens with one attached hydrogen (secondary N) is 1. The standard InChI is InChI=1S/C13H16FNO2/c1-17-13-3-2-10(14)7-11(13)12(16)6-9-4-5-15-8-9/h2-3,7,9,15H,4-6,8H2,1H3. The van der Waals surface area contributed by atoms with Gasteiger partial charge < -0.3 is 10.1 Å². The van der Waals surface area contributed by atoms with E-state index in [9.17, 15) is 9.18 Å². The van der Waals surface area contributed by atoms with E-state index in [1.807, 2.05) is 0 Å². The van der Waals surface area contributed by atoms with Crippen LogP contribution in [0.25, 0.3) is 0 Å². The number of ether oxygens (including phenoxy) is 1. The van der Waals surface area contributed by atoms with Crippen LogP contribution in [0.3, 0.4) is 0 Å². The Hall–Kier alpha value is -1.42. The van der Waals surface area contributed by atoms with Crippen LogP contribution in [0.15, 0.2) is 18.2 Å². The first-order valence-electron chi connectivity index (χ1n) is 5.78. The number of Topliss-reactive ketones (excluding diaryl/α,β-unsaturated/α-hetero) is 1. The van der Waals surface area contributed by atoms with Gasteiger partial charge in [-0.25, -0.2) is 4.39 Å². The first-order valence-corrected chi connectivity index (χ1v) is 5.78. The number of rotatable bonds is 4. The quantitative estimate of drug-likeness (QED) is 0.814. The summed E-state index contributed by atoms with van der Waals surface area (Å²) >= 11 is 0. The molecule has 0 bridgehead atoms. The average molecular weight is 237 g/mol. The van der Waals surface area contributed by atoms with Crippen molar-refractivity contribution in [2.45, 2.75) is 12.8 Å². The molecule has 1 heterocycles. The van der Waals surface area contributed by atoms with Gasteiger partial charge in [0.1, 0.15) is 11.6 Å². The molecule has 0 aromatic heterocycles. The Morgan fingerprint density at radius 2 is 2.41 bits per heavy atom. The molecule has 1 fully saturated rings. The monoisotopic (exact) mass is 237 g/mol. The fourth-order valence-corrected chi connectivity index (χ4v) is 2.16. The van der Waals surface area contributed by atoms with Gasteiger partial charge in [-0.2, -0.15) is 0 Å². The Kier molecular flexibility index (Phi) is 3.74. The molecule has 0 amide bonds. The zero-order valence-electron chi connectivity index (χ0n) is 9.83. The van der Waals surface area contributed by atoms with E-state index in [-0.39, 0.29) is 5.78 Å². The third-order valence-electron chi connectivity index (χ3n) is 3.10. The normalized spacial score (nSPS) is 19.3. The number of ketones is 1. The summed E-state index contributed by atoms with van der Waals surface area (Å²) in [5, 5.41) is 3.21. The van der Waals surface area contributed by atoms with Crippen molar-refractivity contribution in [3.8, 4) is 5.75 Å². The Balaban J connectivity index is 2.14. The maximum absolute atomic E-state index is 13.1. The Morgan fingerprint density at radius 1 is 1.59 bits per heavy atom. The van der Waals surface area contributed by atoms with Gasteiger partial charge >= 0.3 is 0 Å². The van der Waals surface area contributed by atoms with E-state index in [0.29, 0.717) is 23.7 Å². The van der Waals surface area contributed by atoms with Crippen LogP contribution in [0.2, 0.25) is 0 Å². The van der Waals surface area contributed by atoms with Crippen LogP contribution in [0, 0.1) is 11.7 Å². The molecule has 2 rings (SSSR count). The highest BCUT2D eigenvalue weighted by atomic mass is 19.1. The van der Waals surface area contributed by atoms with Gasteiger partial charge in [0.05, 0.1) is 12.7 Å². The van der Waals surface area contributed by atoms with Crippen LogP contribution in [0.4, 0.5) is 4.39 Å². The lowest BCUT2D eigenvalue weighted by molar-refractivity contribution is 0.0961. The minimum Gasteiger partial charge on any atom is -0.496 e. The van der Waals surface area contributed by atoms with E-state index in [4.69, 9.17) is 4.74 Å². The van der Waals surface area contributed by atoms with E-state index >= 15 is 0 Å². The fraction of sp³-hybridized carbons (Fsp3) is 0.462. The Bertz CT molecular complexity index is 414. The van der Waals surface area contributed by atoms with Gasteiger partial charge in [0.15, 0.2) is 5.78 Å². The zero-order chi connectivity index (χ0) is 12.3. The van der Waals surface area contributed by atoms with Crippen molar-refractivity contribution in [3.63, 3.8) is 0 Å². The van der Waals surface area contributed by atoms with Crippen molar-refractivity contribution >= 4 is 5.78 Å². The van der Waals surface area contributed by atoms with Crippen molar-refractivity contribution < 1.29 is 13.9 Å². The van der Waals surface area contributed by atoms with Crippen LogP contribution in [0.5, 0.6) is 5.75 Å². The van der Waals surface area contributed by atoms with Crippen LogP contribution >= 0.6 is 0 Å². The summed E-state index contributed by atoms with van der Waals surface area (Å²) in [5.74, 6) is 0.353. The van der Waals surface area contributed by atoms with Gasteiger partial charge in [0.2, 0.25) is 0 Å². The second kappa shape index (κ2) is 5.27. The SMILES string of the molecule is COc1ccc(F)cc1C(=O)CC1CCNC1. The molecule has 1 saturated heterocycles. The lowest BCUT2D eigenvalue weighted by atomic mass is 9.97. The van der Waals surface area contributed by atoms with Crippen LogP contribution in [-0.4, -0.2) is 26.0 Å². The fourth-order valence-electron chi connectivity index (χ4n) is 2.16. The molecule has 92 valence electrons. The lowest BCUT2D eigenvalue weighted by Gasteiger charge is -2.10. The molecule has 1 aromatic carbocycles. The highest BCUT2D eigenvalue weighted by molar-refractivity contribution is 5.98. The van der Waals surface area contributed by atoms with Crippen molar-refractivity contribution in [1.29, 1.82) is 0 Å². The van der Waals surface area contributed by atoms with Crippen LogP contribution < -0.4 is 10.1 Å². The largest absolute Gasteiger partial charge is 0.496 e. The molecule has 1 N–H and O–H groups in total. The van der Waals surface area contributed by atoms with E-state index in [2.05, 4.69) is 5.32 Å². The third kappa shape index (κ3) is 2.82. The molecule has 3 nitrogen and oxygen atoms in total. The molecule has 0 spiro atoms. The molecule has 0 aliphatic carbocycles. The molecule has 1 aliphatic heterocycles. The Labute approximate surface area is 100.0 Å².